The average Bonchev–Trinajstić information content (AvgIpc) is 2.26. The highest BCUT2D eigenvalue weighted by molar-refractivity contribution is 5.80. The van der Waals surface area contributed by atoms with E-state index in [1.54, 1.807) is 12.2 Å². The molecule has 0 aliphatic carbocycles. The molecule has 78 valence electrons. The molecule has 1 aromatic carbocycles. The number of hydrogen-bond acceptors (Lipinski definition) is 1. The zero-order valence-corrected chi connectivity index (χ0v) is 8.68. The van der Waals surface area contributed by atoms with Crippen LogP contribution in [0.1, 0.15) is 18.4 Å². The van der Waals surface area contributed by atoms with E-state index in [1.165, 1.54) is 0 Å². The van der Waals surface area contributed by atoms with Crippen LogP contribution < -0.4 is 0 Å². The second kappa shape index (κ2) is 5.15. The second-order valence-electron chi connectivity index (χ2n) is 3.17. The van der Waals surface area contributed by atoms with Gasteiger partial charge in [-0.2, -0.15) is 0 Å². The molecule has 0 aliphatic heterocycles. The van der Waals surface area contributed by atoms with Crippen LogP contribution in [0, 0.1) is 0 Å². The molecule has 1 N–H and O–H groups in total. The number of aliphatic carboxylic acids is 1. The van der Waals surface area contributed by atoms with Crippen molar-refractivity contribution in [2.75, 3.05) is 0 Å². The highest BCUT2D eigenvalue weighted by Crippen LogP contribution is 2.25. The van der Waals surface area contributed by atoms with Gasteiger partial charge in [-0.1, -0.05) is 49.1 Å². The minimum atomic E-state index is -0.853. The highest BCUT2D eigenvalue weighted by Gasteiger charge is 2.21. The van der Waals surface area contributed by atoms with Crippen LogP contribution in [0.2, 0.25) is 0 Å². The average molecular weight is 202 g/mol. The molecule has 2 nitrogen and oxygen atoms in total. The van der Waals surface area contributed by atoms with E-state index in [1.807, 2.05) is 37.3 Å². The van der Waals surface area contributed by atoms with Crippen LogP contribution in [0.25, 0.3) is 0 Å². The van der Waals surface area contributed by atoms with Gasteiger partial charge in [0, 0.05) is 0 Å². The van der Waals surface area contributed by atoms with Crippen molar-refractivity contribution in [2.24, 2.45) is 0 Å². The molecule has 0 spiro atoms. The van der Waals surface area contributed by atoms with E-state index in [-0.39, 0.29) is 0 Å². The van der Waals surface area contributed by atoms with Crippen molar-refractivity contribution < 1.29 is 9.90 Å². The quantitative estimate of drug-likeness (QED) is 0.762. The van der Waals surface area contributed by atoms with Gasteiger partial charge in [-0.15, -0.1) is 0 Å². The zero-order chi connectivity index (χ0) is 11.3. The largest absolute Gasteiger partial charge is 0.481 e. The fraction of sp³-hybridized carbons (Fsp3) is 0.154. The molecule has 0 aromatic heterocycles. The topological polar surface area (TPSA) is 37.3 Å². The first-order valence-electron chi connectivity index (χ1n) is 4.77. The van der Waals surface area contributed by atoms with Gasteiger partial charge in [-0.25, -0.2) is 0 Å². The fourth-order valence-corrected chi connectivity index (χ4v) is 1.53. The van der Waals surface area contributed by atoms with E-state index in [9.17, 15) is 9.90 Å². The summed E-state index contributed by atoms with van der Waals surface area (Å²) in [6, 6.07) is 9.16. The highest BCUT2D eigenvalue weighted by atomic mass is 16.4. The van der Waals surface area contributed by atoms with Gasteiger partial charge < -0.3 is 5.11 Å². The van der Waals surface area contributed by atoms with Gasteiger partial charge in [0.15, 0.2) is 0 Å². The molecule has 1 atom stereocenters. The lowest BCUT2D eigenvalue weighted by Crippen LogP contribution is -2.13. The Hall–Kier alpha value is -1.83. The summed E-state index contributed by atoms with van der Waals surface area (Å²) in [6.07, 6.45) is 3.37. The lowest BCUT2D eigenvalue weighted by atomic mass is 9.91. The zero-order valence-electron chi connectivity index (χ0n) is 8.68. The second-order valence-corrected chi connectivity index (χ2v) is 3.17. The number of allylic oxidation sites excluding steroid dienone is 2. The third-order valence-corrected chi connectivity index (χ3v) is 2.28. The van der Waals surface area contributed by atoms with Gasteiger partial charge in [0.25, 0.3) is 0 Å². The van der Waals surface area contributed by atoms with E-state index in [4.69, 9.17) is 0 Å². The van der Waals surface area contributed by atoms with Gasteiger partial charge in [0.1, 0.15) is 5.92 Å². The van der Waals surface area contributed by atoms with E-state index in [0.717, 1.165) is 5.56 Å². The molecular weight excluding hydrogens is 188 g/mol. The van der Waals surface area contributed by atoms with Gasteiger partial charge >= 0.3 is 5.97 Å². The Morgan fingerprint density at radius 1 is 1.40 bits per heavy atom. The van der Waals surface area contributed by atoms with Crippen molar-refractivity contribution in [1.82, 2.24) is 0 Å². The van der Waals surface area contributed by atoms with Gasteiger partial charge in [-0.05, 0) is 18.1 Å². The van der Waals surface area contributed by atoms with Gasteiger partial charge in [-0.3, -0.25) is 4.79 Å². The number of hydrogen-bond donors (Lipinski definition) is 1. The molecule has 0 saturated carbocycles. The molecule has 0 heterocycles. The van der Waals surface area contributed by atoms with E-state index >= 15 is 0 Å². The van der Waals surface area contributed by atoms with Crippen molar-refractivity contribution in [3.63, 3.8) is 0 Å². The van der Waals surface area contributed by atoms with Crippen LogP contribution in [0.5, 0.6) is 0 Å². The molecule has 0 bridgehead atoms. The SMILES string of the molecule is C=C/C(=C\C)C(C(=O)O)c1ccccc1. The van der Waals surface area contributed by atoms with E-state index in [2.05, 4.69) is 6.58 Å². The molecule has 2 heteroatoms. The first-order chi connectivity index (χ1) is 7.20. The first kappa shape index (κ1) is 11.2. The Morgan fingerprint density at radius 3 is 2.40 bits per heavy atom. The van der Waals surface area contributed by atoms with Crippen LogP contribution in [0.3, 0.4) is 0 Å². The minimum Gasteiger partial charge on any atom is -0.481 e. The van der Waals surface area contributed by atoms with Crippen LogP contribution >= 0.6 is 0 Å². The number of carboxylic acid groups (broad SMARTS) is 1. The molecular formula is C13H14O2. The Morgan fingerprint density at radius 2 is 2.00 bits per heavy atom. The van der Waals surface area contributed by atoms with Crippen LogP contribution in [-0.2, 0) is 4.79 Å². The first-order valence-corrected chi connectivity index (χ1v) is 4.77. The summed E-state index contributed by atoms with van der Waals surface area (Å²) in [4.78, 5) is 11.2. The predicted molar refractivity (Wildman–Crippen MR) is 60.8 cm³/mol. The third kappa shape index (κ3) is 2.56. The molecule has 1 rings (SSSR count). The maximum absolute atomic E-state index is 11.2. The maximum Gasteiger partial charge on any atom is 0.315 e. The summed E-state index contributed by atoms with van der Waals surface area (Å²) in [6.45, 7) is 5.44. The van der Waals surface area contributed by atoms with E-state index < -0.39 is 11.9 Å². The summed E-state index contributed by atoms with van der Waals surface area (Å²) in [5.41, 5.74) is 1.49. The lowest BCUT2D eigenvalue weighted by molar-refractivity contribution is -0.137. The van der Waals surface area contributed by atoms with Crippen LogP contribution in [0.15, 0.2) is 54.6 Å². The molecule has 0 aliphatic rings. The molecule has 0 radical (unpaired) electrons. The maximum atomic E-state index is 11.2. The Kier molecular flexibility index (Phi) is 3.86. The Labute approximate surface area is 89.6 Å². The fourth-order valence-electron chi connectivity index (χ4n) is 1.53. The smallest absolute Gasteiger partial charge is 0.315 e. The summed E-state index contributed by atoms with van der Waals surface area (Å²) >= 11 is 0. The molecule has 15 heavy (non-hydrogen) atoms. The number of carboxylic acids is 1. The van der Waals surface area contributed by atoms with Crippen molar-refractivity contribution in [1.29, 1.82) is 0 Å². The number of carbonyl (C=O) groups is 1. The van der Waals surface area contributed by atoms with Crippen molar-refractivity contribution in [3.8, 4) is 0 Å². The van der Waals surface area contributed by atoms with Crippen molar-refractivity contribution in [2.45, 2.75) is 12.8 Å². The molecule has 0 saturated heterocycles. The summed E-state index contributed by atoms with van der Waals surface area (Å²) in [7, 11) is 0. The minimum absolute atomic E-state index is 0.617. The Bertz CT molecular complexity index is 377. The Balaban J connectivity index is 3.15. The number of benzene rings is 1. The summed E-state index contributed by atoms with van der Waals surface area (Å²) in [5.74, 6) is -1.47. The lowest BCUT2D eigenvalue weighted by Gasteiger charge is -2.13. The third-order valence-electron chi connectivity index (χ3n) is 2.28. The summed E-state index contributed by atoms with van der Waals surface area (Å²) < 4.78 is 0. The van der Waals surface area contributed by atoms with Gasteiger partial charge in [0.2, 0.25) is 0 Å². The van der Waals surface area contributed by atoms with Crippen LogP contribution in [0.4, 0.5) is 0 Å². The van der Waals surface area contributed by atoms with Crippen LogP contribution in [-0.4, -0.2) is 11.1 Å². The van der Waals surface area contributed by atoms with Crippen molar-refractivity contribution >= 4 is 5.97 Å². The monoisotopic (exact) mass is 202 g/mol. The number of rotatable bonds is 4. The normalized spacial score (nSPS) is 13.3. The predicted octanol–water partition coefficient (Wildman–Crippen LogP) is 2.99. The van der Waals surface area contributed by atoms with Crippen molar-refractivity contribution in [3.05, 3.63) is 60.2 Å². The van der Waals surface area contributed by atoms with Gasteiger partial charge in [0.05, 0.1) is 0 Å². The molecule has 1 unspecified atom stereocenters. The summed E-state index contributed by atoms with van der Waals surface area (Å²) in [5, 5.41) is 9.17. The molecule has 0 fully saturated rings. The van der Waals surface area contributed by atoms with E-state index in [0.29, 0.717) is 5.57 Å². The standard InChI is InChI=1S/C13H14O2/c1-3-10(4-2)12(13(14)15)11-8-6-5-7-9-11/h3-9,12H,1H2,2H3,(H,14,15)/b10-4+. The molecule has 1 aromatic rings. The molecule has 0 amide bonds.